The van der Waals surface area contributed by atoms with Crippen LogP contribution in [0.5, 0.6) is 0 Å². The standard InChI is InChI=1S/C25H33NO4/c1-6-14-29-23(27)17-22(26-24(28)30-25(3,4)5)16-19-10-12-20(13-11-19)21-9-7-8-18(2)15-21/h7-13,15,22H,6,14,16-17H2,1-5H3,(H,26,28)/t22-/m1/s1. The Hall–Kier alpha value is -2.82. The summed E-state index contributed by atoms with van der Waals surface area (Å²) in [5, 5.41) is 2.82. The molecule has 30 heavy (non-hydrogen) atoms. The van der Waals surface area contributed by atoms with Crippen molar-refractivity contribution in [1.82, 2.24) is 5.32 Å². The highest BCUT2D eigenvalue weighted by Gasteiger charge is 2.22. The van der Waals surface area contributed by atoms with Gasteiger partial charge >= 0.3 is 12.1 Å². The molecule has 0 aliphatic heterocycles. The van der Waals surface area contributed by atoms with Gasteiger partial charge in [0.2, 0.25) is 0 Å². The molecule has 0 aliphatic rings. The van der Waals surface area contributed by atoms with Gasteiger partial charge in [0, 0.05) is 6.04 Å². The van der Waals surface area contributed by atoms with Crippen LogP contribution in [0.1, 0.15) is 51.7 Å². The van der Waals surface area contributed by atoms with Crippen LogP contribution in [0.15, 0.2) is 48.5 Å². The Morgan fingerprint density at radius 1 is 1.03 bits per heavy atom. The van der Waals surface area contributed by atoms with Crippen molar-refractivity contribution in [3.63, 3.8) is 0 Å². The van der Waals surface area contributed by atoms with E-state index >= 15 is 0 Å². The molecule has 1 amide bonds. The second-order valence-electron chi connectivity index (χ2n) is 8.54. The normalized spacial score (nSPS) is 12.2. The Morgan fingerprint density at radius 3 is 2.33 bits per heavy atom. The molecule has 0 bridgehead atoms. The minimum atomic E-state index is -0.604. The predicted octanol–water partition coefficient (Wildman–Crippen LogP) is 5.44. The van der Waals surface area contributed by atoms with Crippen molar-refractivity contribution in [3.05, 3.63) is 59.7 Å². The van der Waals surface area contributed by atoms with E-state index in [-0.39, 0.29) is 12.4 Å². The highest BCUT2D eigenvalue weighted by atomic mass is 16.6. The lowest BCUT2D eigenvalue weighted by Gasteiger charge is -2.23. The zero-order valence-electron chi connectivity index (χ0n) is 18.7. The van der Waals surface area contributed by atoms with Gasteiger partial charge in [-0.05, 0) is 57.2 Å². The average Bonchev–Trinajstić information content (AvgIpc) is 2.65. The van der Waals surface area contributed by atoms with E-state index in [0.717, 1.165) is 23.1 Å². The number of aryl methyl sites for hydroxylation is 1. The third kappa shape index (κ3) is 8.27. The molecular formula is C25H33NO4. The Kier molecular flexibility index (Phi) is 8.46. The lowest BCUT2D eigenvalue weighted by molar-refractivity contribution is -0.144. The van der Waals surface area contributed by atoms with Crippen molar-refractivity contribution in [1.29, 1.82) is 0 Å². The van der Waals surface area contributed by atoms with Crippen molar-refractivity contribution in [2.75, 3.05) is 6.61 Å². The van der Waals surface area contributed by atoms with Gasteiger partial charge in [0.25, 0.3) is 0 Å². The van der Waals surface area contributed by atoms with Gasteiger partial charge in [0.15, 0.2) is 0 Å². The fraction of sp³-hybridized carbons (Fsp3) is 0.440. The molecule has 0 aliphatic carbocycles. The molecule has 0 heterocycles. The van der Waals surface area contributed by atoms with Crippen LogP contribution >= 0.6 is 0 Å². The lowest BCUT2D eigenvalue weighted by atomic mass is 9.98. The van der Waals surface area contributed by atoms with Crippen LogP contribution in [-0.4, -0.2) is 30.3 Å². The van der Waals surface area contributed by atoms with E-state index in [1.54, 1.807) is 20.8 Å². The van der Waals surface area contributed by atoms with Crippen molar-refractivity contribution in [3.8, 4) is 11.1 Å². The van der Waals surface area contributed by atoms with Crippen LogP contribution in [-0.2, 0) is 20.7 Å². The average molecular weight is 412 g/mol. The number of ether oxygens (including phenoxy) is 2. The monoisotopic (exact) mass is 411 g/mol. The van der Waals surface area contributed by atoms with Crippen molar-refractivity contribution >= 4 is 12.1 Å². The van der Waals surface area contributed by atoms with Crippen molar-refractivity contribution < 1.29 is 19.1 Å². The Balaban J connectivity index is 2.09. The number of hydrogen-bond donors (Lipinski definition) is 1. The third-order valence-corrected chi connectivity index (χ3v) is 4.39. The van der Waals surface area contributed by atoms with Gasteiger partial charge in [-0.2, -0.15) is 0 Å². The Bertz CT molecular complexity index is 837. The number of benzene rings is 2. The molecule has 0 saturated carbocycles. The van der Waals surface area contributed by atoms with Crippen LogP contribution in [0.4, 0.5) is 4.79 Å². The van der Waals surface area contributed by atoms with Gasteiger partial charge in [0.05, 0.1) is 13.0 Å². The Labute approximate surface area is 179 Å². The van der Waals surface area contributed by atoms with Gasteiger partial charge in [-0.1, -0.05) is 61.0 Å². The van der Waals surface area contributed by atoms with Crippen LogP contribution < -0.4 is 5.32 Å². The van der Waals surface area contributed by atoms with Gasteiger partial charge in [-0.15, -0.1) is 0 Å². The summed E-state index contributed by atoms with van der Waals surface area (Å²) in [7, 11) is 0. The summed E-state index contributed by atoms with van der Waals surface area (Å²) in [6.07, 6.45) is 0.830. The first-order chi connectivity index (χ1) is 14.2. The molecule has 5 nitrogen and oxygen atoms in total. The first-order valence-electron chi connectivity index (χ1n) is 10.5. The summed E-state index contributed by atoms with van der Waals surface area (Å²) in [5.41, 5.74) is 3.92. The summed E-state index contributed by atoms with van der Waals surface area (Å²) in [6.45, 7) is 9.81. The largest absolute Gasteiger partial charge is 0.466 e. The summed E-state index contributed by atoms with van der Waals surface area (Å²) >= 11 is 0. The van der Waals surface area contributed by atoms with E-state index in [0.29, 0.717) is 13.0 Å². The molecule has 0 saturated heterocycles. The summed E-state index contributed by atoms with van der Waals surface area (Å²) in [4.78, 5) is 24.4. The van der Waals surface area contributed by atoms with E-state index in [4.69, 9.17) is 9.47 Å². The topological polar surface area (TPSA) is 64.6 Å². The highest BCUT2D eigenvalue weighted by molar-refractivity contribution is 5.73. The molecule has 0 radical (unpaired) electrons. The van der Waals surface area contributed by atoms with Gasteiger partial charge in [-0.3, -0.25) is 4.79 Å². The van der Waals surface area contributed by atoms with Crippen molar-refractivity contribution in [2.24, 2.45) is 0 Å². The fourth-order valence-electron chi connectivity index (χ4n) is 3.07. The molecule has 2 rings (SSSR count). The maximum atomic E-state index is 12.2. The van der Waals surface area contributed by atoms with Gasteiger partial charge < -0.3 is 14.8 Å². The molecule has 0 unspecified atom stereocenters. The first kappa shape index (κ1) is 23.5. The lowest BCUT2D eigenvalue weighted by Crippen LogP contribution is -2.41. The summed E-state index contributed by atoms with van der Waals surface area (Å²) in [6, 6.07) is 16.1. The number of alkyl carbamates (subject to hydrolysis) is 1. The molecular weight excluding hydrogens is 378 g/mol. The SMILES string of the molecule is CCCOC(=O)C[C@@H](Cc1ccc(-c2cccc(C)c2)cc1)NC(=O)OC(C)(C)C. The van der Waals surface area contributed by atoms with Crippen LogP contribution in [0.3, 0.4) is 0 Å². The number of carbonyl (C=O) groups is 2. The second kappa shape index (κ2) is 10.8. The molecule has 1 atom stereocenters. The number of carbonyl (C=O) groups excluding carboxylic acids is 2. The molecule has 1 N–H and O–H groups in total. The van der Waals surface area contributed by atoms with E-state index in [9.17, 15) is 9.59 Å². The third-order valence-electron chi connectivity index (χ3n) is 4.39. The molecule has 162 valence electrons. The molecule has 2 aromatic carbocycles. The minimum absolute atomic E-state index is 0.0961. The summed E-state index contributed by atoms with van der Waals surface area (Å²) < 4.78 is 10.6. The van der Waals surface area contributed by atoms with Crippen molar-refractivity contribution in [2.45, 2.75) is 65.5 Å². The van der Waals surface area contributed by atoms with E-state index in [1.807, 2.05) is 25.1 Å². The van der Waals surface area contributed by atoms with E-state index in [1.165, 1.54) is 5.56 Å². The van der Waals surface area contributed by atoms with Crippen LogP contribution in [0, 0.1) is 6.92 Å². The quantitative estimate of drug-likeness (QED) is 0.587. The maximum Gasteiger partial charge on any atom is 0.407 e. The van der Waals surface area contributed by atoms with E-state index < -0.39 is 17.7 Å². The van der Waals surface area contributed by atoms with Crippen LogP contribution in [0.2, 0.25) is 0 Å². The smallest absolute Gasteiger partial charge is 0.407 e. The zero-order valence-corrected chi connectivity index (χ0v) is 18.7. The number of amides is 1. The summed E-state index contributed by atoms with van der Waals surface area (Å²) in [5.74, 6) is -0.325. The molecule has 2 aromatic rings. The van der Waals surface area contributed by atoms with E-state index in [2.05, 4.69) is 42.6 Å². The Morgan fingerprint density at radius 2 is 1.73 bits per heavy atom. The molecule has 0 spiro atoms. The molecule has 0 fully saturated rings. The number of hydrogen-bond acceptors (Lipinski definition) is 4. The number of rotatable bonds is 8. The molecule has 0 aromatic heterocycles. The van der Waals surface area contributed by atoms with Crippen LogP contribution in [0.25, 0.3) is 11.1 Å². The maximum absolute atomic E-state index is 12.2. The van der Waals surface area contributed by atoms with Gasteiger partial charge in [-0.25, -0.2) is 4.79 Å². The molecule has 5 heteroatoms. The zero-order chi connectivity index (χ0) is 22.1. The predicted molar refractivity (Wildman–Crippen MR) is 119 cm³/mol. The number of nitrogens with one attached hydrogen (secondary N) is 1. The first-order valence-corrected chi connectivity index (χ1v) is 10.5. The minimum Gasteiger partial charge on any atom is -0.466 e. The highest BCUT2D eigenvalue weighted by Crippen LogP contribution is 2.21. The number of esters is 1. The fourth-order valence-corrected chi connectivity index (χ4v) is 3.07. The second-order valence-corrected chi connectivity index (χ2v) is 8.54. The van der Waals surface area contributed by atoms with Gasteiger partial charge in [0.1, 0.15) is 5.60 Å².